The molecule has 128 valence electrons. The highest BCUT2D eigenvalue weighted by molar-refractivity contribution is 5.49. The molecule has 1 aliphatic rings. The second-order valence-corrected chi connectivity index (χ2v) is 5.85. The first kappa shape index (κ1) is 16.5. The summed E-state index contributed by atoms with van der Waals surface area (Å²) in [6.45, 7) is 1.52. The molecule has 0 atom stereocenters. The number of ether oxygens (including phenoxy) is 1. The van der Waals surface area contributed by atoms with Crippen LogP contribution < -0.4 is 9.64 Å². The van der Waals surface area contributed by atoms with Crippen LogP contribution in [0.4, 0.5) is 18.9 Å². The van der Waals surface area contributed by atoms with Gasteiger partial charge in [-0.1, -0.05) is 6.07 Å². The number of benzene rings is 2. The summed E-state index contributed by atoms with van der Waals surface area (Å²) >= 11 is 0. The van der Waals surface area contributed by atoms with Gasteiger partial charge in [0.25, 0.3) is 0 Å². The van der Waals surface area contributed by atoms with Gasteiger partial charge in [-0.2, -0.15) is 13.2 Å². The first-order valence-electron chi connectivity index (χ1n) is 7.80. The lowest BCUT2D eigenvalue weighted by Crippen LogP contribution is -2.38. The average molecular weight is 337 g/mol. The van der Waals surface area contributed by atoms with Gasteiger partial charge in [-0.05, 0) is 42.5 Å². The van der Waals surface area contributed by atoms with Gasteiger partial charge in [0.2, 0.25) is 0 Å². The summed E-state index contributed by atoms with van der Waals surface area (Å²) in [5, 5.41) is 9.32. The van der Waals surface area contributed by atoms with Gasteiger partial charge in [-0.3, -0.25) is 0 Å². The maximum absolute atomic E-state index is 12.7. The lowest BCUT2D eigenvalue weighted by Gasteiger charge is -2.33. The van der Waals surface area contributed by atoms with E-state index >= 15 is 0 Å². The summed E-state index contributed by atoms with van der Waals surface area (Å²) in [5.41, 5.74) is 0.326. The Bertz CT molecular complexity index is 677. The number of halogens is 3. The molecule has 24 heavy (non-hydrogen) atoms. The fourth-order valence-corrected chi connectivity index (χ4v) is 2.83. The lowest BCUT2D eigenvalue weighted by molar-refractivity contribution is -0.137. The highest BCUT2D eigenvalue weighted by atomic mass is 19.4. The van der Waals surface area contributed by atoms with E-state index in [4.69, 9.17) is 4.74 Å². The molecule has 1 N–H and O–H groups in total. The van der Waals surface area contributed by atoms with Crippen molar-refractivity contribution >= 4 is 5.69 Å². The number of aromatic hydroxyl groups is 1. The monoisotopic (exact) mass is 337 g/mol. The number of hydrogen-bond donors (Lipinski definition) is 1. The minimum atomic E-state index is -4.36. The molecule has 3 rings (SSSR count). The van der Waals surface area contributed by atoms with Crippen molar-refractivity contribution in [1.82, 2.24) is 0 Å². The molecule has 1 fully saturated rings. The number of piperidine rings is 1. The Labute approximate surface area is 138 Å². The molecule has 0 aliphatic carbocycles. The number of phenolic OH excluding ortho intramolecular Hbond substituents is 1. The van der Waals surface area contributed by atoms with Crippen molar-refractivity contribution < 1.29 is 23.0 Å². The van der Waals surface area contributed by atoms with Gasteiger partial charge in [-0.15, -0.1) is 0 Å². The Morgan fingerprint density at radius 2 is 1.67 bits per heavy atom. The van der Waals surface area contributed by atoms with Gasteiger partial charge in [-0.25, -0.2) is 0 Å². The third-order valence-corrected chi connectivity index (χ3v) is 4.12. The standard InChI is InChI=1S/C18H18F3NO2/c19-18(20,21)13-2-1-3-17(12-13)24-16-8-10-22(11-9-16)14-4-6-15(23)7-5-14/h1-7,12,16,23H,8-11H2. The Balaban J connectivity index is 1.58. The van der Waals surface area contributed by atoms with Crippen LogP contribution in [0.5, 0.6) is 11.5 Å². The highest BCUT2D eigenvalue weighted by Crippen LogP contribution is 2.32. The Morgan fingerprint density at radius 3 is 2.29 bits per heavy atom. The van der Waals surface area contributed by atoms with Crippen LogP contribution in [-0.4, -0.2) is 24.3 Å². The summed E-state index contributed by atoms with van der Waals surface area (Å²) in [7, 11) is 0. The summed E-state index contributed by atoms with van der Waals surface area (Å²) in [6, 6.07) is 12.0. The zero-order chi connectivity index (χ0) is 17.2. The number of nitrogens with zero attached hydrogens (tertiary/aromatic N) is 1. The van der Waals surface area contributed by atoms with E-state index in [1.807, 2.05) is 12.1 Å². The fourth-order valence-electron chi connectivity index (χ4n) is 2.83. The van der Waals surface area contributed by atoms with Crippen LogP contribution in [0.1, 0.15) is 18.4 Å². The number of phenols is 1. The Morgan fingerprint density at radius 1 is 1.00 bits per heavy atom. The van der Waals surface area contributed by atoms with Crippen LogP contribution in [0.15, 0.2) is 48.5 Å². The first-order valence-corrected chi connectivity index (χ1v) is 7.80. The smallest absolute Gasteiger partial charge is 0.416 e. The molecule has 3 nitrogen and oxygen atoms in total. The molecule has 1 heterocycles. The minimum absolute atomic E-state index is 0.0955. The molecule has 0 amide bonds. The molecular weight excluding hydrogens is 319 g/mol. The zero-order valence-electron chi connectivity index (χ0n) is 13.0. The van der Waals surface area contributed by atoms with E-state index in [1.54, 1.807) is 18.2 Å². The summed E-state index contributed by atoms with van der Waals surface area (Å²) in [4.78, 5) is 2.17. The van der Waals surface area contributed by atoms with Gasteiger partial charge in [0.1, 0.15) is 17.6 Å². The average Bonchev–Trinajstić information content (AvgIpc) is 2.56. The third-order valence-electron chi connectivity index (χ3n) is 4.12. The number of hydrogen-bond acceptors (Lipinski definition) is 3. The quantitative estimate of drug-likeness (QED) is 0.898. The van der Waals surface area contributed by atoms with Crippen LogP contribution in [0.25, 0.3) is 0 Å². The molecule has 1 saturated heterocycles. The van der Waals surface area contributed by atoms with Crippen molar-refractivity contribution in [1.29, 1.82) is 0 Å². The number of rotatable bonds is 3. The Kier molecular flexibility index (Phi) is 4.55. The van der Waals surface area contributed by atoms with Gasteiger partial charge in [0.15, 0.2) is 0 Å². The molecule has 1 aliphatic heterocycles. The van der Waals surface area contributed by atoms with Gasteiger partial charge >= 0.3 is 6.18 Å². The fraction of sp³-hybridized carbons (Fsp3) is 0.333. The minimum Gasteiger partial charge on any atom is -0.508 e. The summed E-state index contributed by atoms with van der Waals surface area (Å²) in [6.07, 6.45) is -2.99. The van der Waals surface area contributed by atoms with Crippen molar-refractivity contribution in [2.75, 3.05) is 18.0 Å². The molecule has 0 saturated carbocycles. The van der Waals surface area contributed by atoms with Crippen molar-refractivity contribution in [3.8, 4) is 11.5 Å². The van der Waals surface area contributed by atoms with E-state index in [-0.39, 0.29) is 17.6 Å². The van der Waals surface area contributed by atoms with Crippen molar-refractivity contribution in [2.24, 2.45) is 0 Å². The van der Waals surface area contributed by atoms with Gasteiger partial charge < -0.3 is 14.7 Å². The maximum Gasteiger partial charge on any atom is 0.416 e. The molecule has 2 aromatic rings. The predicted molar refractivity (Wildman–Crippen MR) is 85.4 cm³/mol. The molecule has 0 radical (unpaired) electrons. The molecule has 0 aromatic heterocycles. The van der Waals surface area contributed by atoms with E-state index in [9.17, 15) is 18.3 Å². The molecule has 0 bridgehead atoms. The zero-order valence-corrected chi connectivity index (χ0v) is 13.0. The van der Waals surface area contributed by atoms with Gasteiger partial charge in [0.05, 0.1) is 5.56 Å². The van der Waals surface area contributed by atoms with E-state index in [0.717, 1.165) is 43.8 Å². The molecular formula is C18H18F3NO2. The van der Waals surface area contributed by atoms with E-state index in [0.29, 0.717) is 0 Å². The highest BCUT2D eigenvalue weighted by Gasteiger charge is 2.31. The lowest BCUT2D eigenvalue weighted by atomic mass is 10.1. The predicted octanol–water partition coefficient (Wildman–Crippen LogP) is 4.46. The largest absolute Gasteiger partial charge is 0.508 e. The van der Waals surface area contributed by atoms with E-state index in [2.05, 4.69) is 4.90 Å². The second-order valence-electron chi connectivity index (χ2n) is 5.85. The Hall–Kier alpha value is -2.37. The van der Waals surface area contributed by atoms with E-state index in [1.165, 1.54) is 6.07 Å². The molecule has 6 heteroatoms. The van der Waals surface area contributed by atoms with Crippen molar-refractivity contribution in [3.05, 3.63) is 54.1 Å². The first-order chi connectivity index (χ1) is 11.4. The number of alkyl halides is 3. The van der Waals surface area contributed by atoms with Crippen LogP contribution in [-0.2, 0) is 6.18 Å². The number of anilines is 1. The van der Waals surface area contributed by atoms with Crippen LogP contribution in [0.3, 0.4) is 0 Å². The second kappa shape index (κ2) is 6.63. The van der Waals surface area contributed by atoms with Crippen LogP contribution in [0, 0.1) is 0 Å². The van der Waals surface area contributed by atoms with E-state index < -0.39 is 11.7 Å². The summed E-state index contributed by atoms with van der Waals surface area (Å²) < 4.78 is 43.9. The summed E-state index contributed by atoms with van der Waals surface area (Å²) in [5.74, 6) is 0.481. The molecule has 0 unspecified atom stereocenters. The van der Waals surface area contributed by atoms with Gasteiger partial charge in [0, 0.05) is 31.6 Å². The SMILES string of the molecule is Oc1ccc(N2CCC(Oc3cccc(C(F)(F)F)c3)CC2)cc1. The van der Waals surface area contributed by atoms with Crippen molar-refractivity contribution in [2.45, 2.75) is 25.1 Å². The molecule has 2 aromatic carbocycles. The third kappa shape index (κ3) is 3.93. The molecule has 0 spiro atoms. The van der Waals surface area contributed by atoms with Crippen LogP contribution >= 0.6 is 0 Å². The van der Waals surface area contributed by atoms with Crippen molar-refractivity contribution in [3.63, 3.8) is 0 Å². The normalized spacial score (nSPS) is 16.2. The topological polar surface area (TPSA) is 32.7 Å². The maximum atomic E-state index is 12.7. The van der Waals surface area contributed by atoms with Crippen LogP contribution in [0.2, 0.25) is 0 Å².